The zero-order chi connectivity index (χ0) is 26.2. The second-order valence-corrected chi connectivity index (χ2v) is 9.27. The van der Waals surface area contributed by atoms with E-state index in [1.54, 1.807) is 18.6 Å². The normalized spacial score (nSPS) is 11.6. The number of nitrogens with one attached hydrogen (secondary N) is 3. The largest absolute Gasteiger partial charge is 0.397 e. The van der Waals surface area contributed by atoms with Gasteiger partial charge >= 0.3 is 0 Å². The smallest absolute Gasteiger partial charge is 0.161 e. The summed E-state index contributed by atoms with van der Waals surface area (Å²) < 4.78 is 14.6. The number of nitrogens with zero attached hydrogens (tertiary/aromatic N) is 6. The number of imidazole rings is 1. The quantitative estimate of drug-likeness (QED) is 0.250. The van der Waals surface area contributed by atoms with Crippen LogP contribution in [-0.4, -0.2) is 67.2 Å². The van der Waals surface area contributed by atoms with Crippen LogP contribution in [0.15, 0.2) is 61.1 Å². The summed E-state index contributed by atoms with van der Waals surface area (Å²) in [5.74, 6) is 0.173. The fraction of sp³-hybridized carbons (Fsp3) is 0.148. The van der Waals surface area contributed by atoms with Gasteiger partial charge in [0.15, 0.2) is 11.5 Å². The summed E-state index contributed by atoms with van der Waals surface area (Å²) >= 11 is 0. The maximum absolute atomic E-state index is 14.6. The first kappa shape index (κ1) is 23.5. The fourth-order valence-corrected chi connectivity index (χ4v) is 4.33. The standard InChI is InChI=1S/C27H25FN10/c1-38(2)8-7-31-19-11-15(9-17(28)12-19)23-24-21(5-6-32-23)34-27(35-24)26-25-22(36-37-26)4-3-20(33-25)16-10-18(29)14-30-13-16/h3-6,9-14,31H,7-8,29H2,1-2H3,(H,34,35)(H,36,37). The molecule has 6 aromatic rings. The van der Waals surface area contributed by atoms with Gasteiger partial charge < -0.3 is 20.9 Å². The molecule has 0 spiro atoms. The Kier molecular flexibility index (Phi) is 5.89. The minimum atomic E-state index is -0.351. The molecule has 11 heteroatoms. The van der Waals surface area contributed by atoms with Crippen LogP contribution in [0.3, 0.4) is 0 Å². The molecule has 0 aliphatic carbocycles. The molecule has 5 aromatic heterocycles. The van der Waals surface area contributed by atoms with Crippen LogP contribution in [0.25, 0.3) is 56.1 Å². The van der Waals surface area contributed by atoms with E-state index < -0.39 is 0 Å². The molecule has 0 saturated carbocycles. The molecule has 5 heterocycles. The van der Waals surface area contributed by atoms with E-state index in [0.717, 1.165) is 23.1 Å². The van der Waals surface area contributed by atoms with E-state index >= 15 is 0 Å². The lowest BCUT2D eigenvalue weighted by molar-refractivity contribution is 0.425. The molecule has 6 rings (SSSR count). The third-order valence-electron chi connectivity index (χ3n) is 6.15. The van der Waals surface area contributed by atoms with Gasteiger partial charge in [-0.25, -0.2) is 14.4 Å². The maximum atomic E-state index is 14.6. The van der Waals surface area contributed by atoms with E-state index in [-0.39, 0.29) is 5.82 Å². The summed E-state index contributed by atoms with van der Waals surface area (Å²) in [4.78, 5) is 23.7. The second-order valence-electron chi connectivity index (χ2n) is 9.27. The third-order valence-corrected chi connectivity index (χ3v) is 6.15. The summed E-state index contributed by atoms with van der Waals surface area (Å²) in [5.41, 5.74) is 13.2. The van der Waals surface area contributed by atoms with E-state index in [4.69, 9.17) is 15.7 Å². The number of nitrogens with two attached hydrogens (primary N) is 1. The molecule has 0 atom stereocenters. The van der Waals surface area contributed by atoms with Crippen molar-refractivity contribution < 1.29 is 4.39 Å². The molecule has 0 fully saturated rings. The van der Waals surface area contributed by atoms with Gasteiger partial charge in [-0.15, -0.1) is 0 Å². The minimum absolute atomic E-state index is 0.351. The number of hydrogen-bond acceptors (Lipinski definition) is 8. The topological polar surface area (TPSA) is 137 Å². The molecule has 190 valence electrons. The average Bonchev–Trinajstić information content (AvgIpc) is 3.51. The van der Waals surface area contributed by atoms with Gasteiger partial charge in [0.25, 0.3) is 0 Å². The Bertz CT molecular complexity index is 1770. The number of hydrogen-bond donors (Lipinski definition) is 4. The number of benzene rings is 1. The minimum Gasteiger partial charge on any atom is -0.397 e. The summed E-state index contributed by atoms with van der Waals surface area (Å²) in [6, 6.07) is 12.3. The number of rotatable bonds is 7. The summed E-state index contributed by atoms with van der Waals surface area (Å²) in [6.07, 6.45) is 4.98. The Morgan fingerprint density at radius 3 is 2.66 bits per heavy atom. The Morgan fingerprint density at radius 2 is 1.82 bits per heavy atom. The van der Waals surface area contributed by atoms with E-state index in [1.807, 2.05) is 44.4 Å². The van der Waals surface area contributed by atoms with Crippen LogP contribution in [0.4, 0.5) is 15.8 Å². The van der Waals surface area contributed by atoms with Gasteiger partial charge in [-0.05, 0) is 56.6 Å². The summed E-state index contributed by atoms with van der Waals surface area (Å²) in [5, 5.41) is 10.8. The number of likely N-dealkylation sites (N-methyl/N-ethyl adjacent to an activating group) is 1. The molecular weight excluding hydrogens is 483 g/mol. The fourth-order valence-electron chi connectivity index (χ4n) is 4.33. The third kappa shape index (κ3) is 4.50. The van der Waals surface area contributed by atoms with Crippen molar-refractivity contribution in [3.8, 4) is 34.0 Å². The van der Waals surface area contributed by atoms with Crippen LogP contribution in [0.5, 0.6) is 0 Å². The Hall–Kier alpha value is -4.90. The highest BCUT2D eigenvalue weighted by atomic mass is 19.1. The van der Waals surface area contributed by atoms with Gasteiger partial charge in [-0.3, -0.25) is 15.1 Å². The van der Waals surface area contributed by atoms with Gasteiger partial charge in [-0.2, -0.15) is 5.10 Å². The predicted octanol–water partition coefficient (Wildman–Crippen LogP) is 4.32. The second kappa shape index (κ2) is 9.52. The lowest BCUT2D eigenvalue weighted by atomic mass is 10.1. The highest BCUT2D eigenvalue weighted by molar-refractivity contribution is 5.95. The highest BCUT2D eigenvalue weighted by Gasteiger charge is 2.18. The van der Waals surface area contributed by atoms with Crippen molar-refractivity contribution in [2.75, 3.05) is 38.2 Å². The van der Waals surface area contributed by atoms with Gasteiger partial charge in [0, 0.05) is 48.5 Å². The number of aromatic amines is 2. The molecule has 0 saturated heterocycles. The van der Waals surface area contributed by atoms with Crippen molar-refractivity contribution in [2.24, 2.45) is 0 Å². The van der Waals surface area contributed by atoms with E-state index in [1.165, 1.54) is 12.1 Å². The number of nitrogen functional groups attached to an aromatic ring is 1. The van der Waals surface area contributed by atoms with E-state index in [0.29, 0.717) is 57.4 Å². The lowest BCUT2D eigenvalue weighted by Crippen LogP contribution is -2.20. The monoisotopic (exact) mass is 508 g/mol. The molecular formula is C27H25FN10. The van der Waals surface area contributed by atoms with Crippen molar-refractivity contribution >= 4 is 33.4 Å². The Balaban J connectivity index is 1.40. The average molecular weight is 509 g/mol. The van der Waals surface area contributed by atoms with E-state index in [9.17, 15) is 4.39 Å². The summed E-state index contributed by atoms with van der Waals surface area (Å²) in [7, 11) is 3.98. The highest BCUT2D eigenvalue weighted by Crippen LogP contribution is 2.32. The molecule has 5 N–H and O–H groups in total. The van der Waals surface area contributed by atoms with Crippen molar-refractivity contribution in [1.82, 2.24) is 40.0 Å². The molecule has 0 amide bonds. The van der Waals surface area contributed by atoms with Gasteiger partial charge in [0.2, 0.25) is 0 Å². The maximum Gasteiger partial charge on any atom is 0.161 e. The first-order valence-corrected chi connectivity index (χ1v) is 12.1. The van der Waals surface area contributed by atoms with Gasteiger partial charge in [-0.1, -0.05) is 0 Å². The van der Waals surface area contributed by atoms with Crippen LogP contribution >= 0.6 is 0 Å². The zero-order valence-electron chi connectivity index (χ0n) is 20.8. The van der Waals surface area contributed by atoms with E-state index in [2.05, 4.69) is 35.4 Å². The van der Waals surface area contributed by atoms with Crippen molar-refractivity contribution in [2.45, 2.75) is 0 Å². The molecule has 1 aromatic carbocycles. The predicted molar refractivity (Wildman–Crippen MR) is 147 cm³/mol. The Labute approximate surface area is 217 Å². The van der Waals surface area contributed by atoms with Crippen LogP contribution in [-0.2, 0) is 0 Å². The molecule has 0 radical (unpaired) electrons. The Morgan fingerprint density at radius 1 is 0.947 bits per heavy atom. The molecule has 0 unspecified atom stereocenters. The molecule has 0 aliphatic heterocycles. The molecule has 0 bridgehead atoms. The number of H-pyrrole nitrogens is 2. The van der Waals surface area contributed by atoms with Crippen LogP contribution in [0.1, 0.15) is 0 Å². The summed E-state index contributed by atoms with van der Waals surface area (Å²) in [6.45, 7) is 1.51. The molecule has 0 aliphatic rings. The van der Waals surface area contributed by atoms with Crippen molar-refractivity contribution in [3.05, 3.63) is 66.9 Å². The van der Waals surface area contributed by atoms with Crippen molar-refractivity contribution in [1.29, 1.82) is 0 Å². The first-order chi connectivity index (χ1) is 18.4. The van der Waals surface area contributed by atoms with Crippen LogP contribution in [0.2, 0.25) is 0 Å². The number of anilines is 2. The molecule has 38 heavy (non-hydrogen) atoms. The SMILES string of the molecule is CN(C)CCNc1cc(F)cc(-c2nccc3[nH]c(-c4n[nH]c5ccc(-c6cncc(N)c6)nc45)nc23)c1. The first-order valence-electron chi connectivity index (χ1n) is 12.1. The number of aromatic nitrogens is 7. The van der Waals surface area contributed by atoms with Crippen molar-refractivity contribution in [3.63, 3.8) is 0 Å². The van der Waals surface area contributed by atoms with Crippen LogP contribution in [0, 0.1) is 5.82 Å². The molecule has 10 nitrogen and oxygen atoms in total. The zero-order valence-corrected chi connectivity index (χ0v) is 20.8. The lowest BCUT2D eigenvalue weighted by Gasteiger charge is -2.12. The number of pyridine rings is 3. The van der Waals surface area contributed by atoms with Crippen LogP contribution < -0.4 is 11.1 Å². The van der Waals surface area contributed by atoms with Gasteiger partial charge in [0.1, 0.15) is 16.9 Å². The number of halogens is 1. The van der Waals surface area contributed by atoms with Gasteiger partial charge in [0.05, 0.1) is 28.1 Å². The number of fused-ring (bicyclic) bond motifs is 2.